The Balaban J connectivity index is 1.63. The predicted molar refractivity (Wildman–Crippen MR) is 99.9 cm³/mol. The summed E-state index contributed by atoms with van der Waals surface area (Å²) in [6.45, 7) is 0.680. The molecule has 136 valence electrons. The highest BCUT2D eigenvalue weighted by Crippen LogP contribution is 2.37. The molecule has 1 aromatic carbocycles. The fourth-order valence-electron chi connectivity index (χ4n) is 3.15. The molecule has 0 atom stereocenters. The molecular formula is C18H18ClN3O3S. The number of amides is 1. The van der Waals surface area contributed by atoms with Crippen molar-refractivity contribution in [3.8, 4) is 0 Å². The van der Waals surface area contributed by atoms with Crippen LogP contribution in [-0.4, -0.2) is 25.9 Å². The summed E-state index contributed by atoms with van der Waals surface area (Å²) in [5.41, 5.74) is 2.30. The number of hydrogen-bond donors (Lipinski definition) is 1. The summed E-state index contributed by atoms with van der Waals surface area (Å²) in [5, 5.41) is 0.229. The molecule has 6 nitrogen and oxygen atoms in total. The average molecular weight is 392 g/mol. The zero-order chi connectivity index (χ0) is 18.3. The molecule has 1 aromatic heterocycles. The molecule has 0 bridgehead atoms. The lowest BCUT2D eigenvalue weighted by molar-refractivity contribution is -0.119. The number of benzene rings is 1. The maximum Gasteiger partial charge on any atom is 0.263 e. The molecule has 1 fully saturated rings. The second-order valence-electron chi connectivity index (χ2n) is 6.63. The lowest BCUT2D eigenvalue weighted by Gasteiger charge is -2.30. The van der Waals surface area contributed by atoms with Crippen molar-refractivity contribution in [2.75, 3.05) is 16.2 Å². The standard InChI is InChI=1S/C18H18ClN3O3S/c19-17-8-7-15(11-20-17)26(24,25)21-14-6-5-12-2-1-9-22(16(12)10-14)18(23)13-3-4-13/h5-8,10-11,13,21H,1-4,9H2. The van der Waals surface area contributed by atoms with E-state index in [0.717, 1.165) is 36.9 Å². The van der Waals surface area contributed by atoms with Gasteiger partial charge >= 0.3 is 0 Å². The number of sulfonamides is 1. The lowest BCUT2D eigenvalue weighted by Crippen LogP contribution is -2.36. The van der Waals surface area contributed by atoms with Gasteiger partial charge in [-0.05, 0) is 55.5 Å². The molecule has 0 unspecified atom stereocenters. The second kappa shape index (κ2) is 6.55. The van der Waals surface area contributed by atoms with Crippen LogP contribution in [0.3, 0.4) is 0 Å². The van der Waals surface area contributed by atoms with Gasteiger partial charge in [0.15, 0.2) is 0 Å². The quantitative estimate of drug-likeness (QED) is 0.811. The minimum atomic E-state index is -3.77. The van der Waals surface area contributed by atoms with Crippen molar-refractivity contribution in [1.82, 2.24) is 4.98 Å². The number of aromatic nitrogens is 1. The number of nitrogens with one attached hydrogen (secondary N) is 1. The maximum absolute atomic E-state index is 12.5. The van der Waals surface area contributed by atoms with Gasteiger partial charge in [-0.3, -0.25) is 9.52 Å². The largest absolute Gasteiger partial charge is 0.312 e. The Morgan fingerprint density at radius 1 is 1.23 bits per heavy atom. The molecule has 1 amide bonds. The molecule has 1 aliphatic heterocycles. The van der Waals surface area contributed by atoms with E-state index in [-0.39, 0.29) is 21.9 Å². The minimum Gasteiger partial charge on any atom is -0.312 e. The minimum absolute atomic E-state index is 0.0329. The van der Waals surface area contributed by atoms with Crippen molar-refractivity contribution in [1.29, 1.82) is 0 Å². The molecular weight excluding hydrogens is 374 g/mol. The molecule has 1 aliphatic carbocycles. The van der Waals surface area contributed by atoms with Crippen LogP contribution in [0.2, 0.25) is 5.15 Å². The first-order valence-electron chi connectivity index (χ1n) is 8.53. The van der Waals surface area contributed by atoms with Gasteiger partial charge in [-0.1, -0.05) is 17.7 Å². The van der Waals surface area contributed by atoms with Gasteiger partial charge in [0.1, 0.15) is 10.0 Å². The zero-order valence-electron chi connectivity index (χ0n) is 14.0. The molecule has 0 spiro atoms. The van der Waals surface area contributed by atoms with E-state index in [1.54, 1.807) is 17.0 Å². The first kappa shape index (κ1) is 17.3. The van der Waals surface area contributed by atoms with Crippen molar-refractivity contribution >= 4 is 38.9 Å². The number of rotatable bonds is 4. The third-order valence-corrected chi connectivity index (χ3v) is 6.25. The van der Waals surface area contributed by atoms with Crippen LogP contribution < -0.4 is 9.62 Å². The van der Waals surface area contributed by atoms with Crippen molar-refractivity contribution in [3.05, 3.63) is 47.2 Å². The van der Waals surface area contributed by atoms with Gasteiger partial charge in [0.2, 0.25) is 5.91 Å². The van der Waals surface area contributed by atoms with Gasteiger partial charge in [-0.25, -0.2) is 13.4 Å². The number of anilines is 2. The molecule has 2 aromatic rings. The molecule has 4 rings (SSSR count). The molecule has 2 heterocycles. The second-order valence-corrected chi connectivity index (χ2v) is 8.70. The Labute approximate surface area is 157 Å². The first-order chi connectivity index (χ1) is 12.4. The topological polar surface area (TPSA) is 79.4 Å². The SMILES string of the molecule is O=C(C1CC1)N1CCCc2ccc(NS(=O)(=O)c3ccc(Cl)nc3)cc21. The molecule has 8 heteroatoms. The summed E-state index contributed by atoms with van der Waals surface area (Å²) in [6.07, 6.45) is 4.91. The maximum atomic E-state index is 12.5. The Kier molecular flexibility index (Phi) is 4.36. The lowest BCUT2D eigenvalue weighted by atomic mass is 10.0. The van der Waals surface area contributed by atoms with Crippen LogP contribution in [0.15, 0.2) is 41.4 Å². The van der Waals surface area contributed by atoms with Crippen LogP contribution in [0.4, 0.5) is 11.4 Å². The summed E-state index contributed by atoms with van der Waals surface area (Å²) >= 11 is 5.71. The van der Waals surface area contributed by atoms with E-state index in [1.165, 1.54) is 18.3 Å². The van der Waals surface area contributed by atoms with Crippen LogP contribution in [0.5, 0.6) is 0 Å². The normalized spacial score (nSPS) is 16.9. The van der Waals surface area contributed by atoms with Crippen LogP contribution in [0.25, 0.3) is 0 Å². The first-order valence-corrected chi connectivity index (χ1v) is 10.4. The van der Waals surface area contributed by atoms with E-state index in [2.05, 4.69) is 9.71 Å². The monoisotopic (exact) mass is 391 g/mol. The van der Waals surface area contributed by atoms with Gasteiger partial charge in [0.05, 0.1) is 5.69 Å². The highest BCUT2D eigenvalue weighted by atomic mass is 35.5. The van der Waals surface area contributed by atoms with E-state index >= 15 is 0 Å². The number of carbonyl (C=O) groups is 1. The highest BCUT2D eigenvalue weighted by molar-refractivity contribution is 7.92. The van der Waals surface area contributed by atoms with Crippen molar-refractivity contribution in [2.24, 2.45) is 5.92 Å². The van der Waals surface area contributed by atoms with Gasteiger partial charge in [-0.15, -0.1) is 0 Å². The summed E-state index contributed by atoms with van der Waals surface area (Å²) in [6, 6.07) is 8.19. The van der Waals surface area contributed by atoms with E-state index in [9.17, 15) is 13.2 Å². The van der Waals surface area contributed by atoms with Gasteiger partial charge in [-0.2, -0.15) is 0 Å². The number of nitrogens with zero attached hydrogens (tertiary/aromatic N) is 2. The van der Waals surface area contributed by atoms with E-state index in [1.807, 2.05) is 6.07 Å². The average Bonchev–Trinajstić information content (AvgIpc) is 3.46. The van der Waals surface area contributed by atoms with Crippen LogP contribution in [-0.2, 0) is 21.2 Å². The van der Waals surface area contributed by atoms with Crippen LogP contribution in [0.1, 0.15) is 24.8 Å². The Morgan fingerprint density at radius 3 is 2.73 bits per heavy atom. The number of pyridine rings is 1. The third kappa shape index (κ3) is 3.41. The Morgan fingerprint density at radius 2 is 2.04 bits per heavy atom. The number of fused-ring (bicyclic) bond motifs is 1. The Bertz CT molecular complexity index is 956. The van der Waals surface area contributed by atoms with Gasteiger partial charge in [0.25, 0.3) is 10.0 Å². The summed E-state index contributed by atoms with van der Waals surface area (Å²) in [4.78, 5) is 18.2. The molecule has 26 heavy (non-hydrogen) atoms. The number of halogens is 1. The zero-order valence-corrected chi connectivity index (χ0v) is 15.6. The van der Waals surface area contributed by atoms with Gasteiger partial charge < -0.3 is 4.90 Å². The molecule has 1 saturated carbocycles. The number of carbonyl (C=O) groups excluding carboxylic acids is 1. The van der Waals surface area contributed by atoms with Crippen molar-refractivity contribution in [3.63, 3.8) is 0 Å². The molecule has 1 N–H and O–H groups in total. The van der Waals surface area contributed by atoms with Crippen LogP contribution in [0, 0.1) is 5.92 Å². The van der Waals surface area contributed by atoms with E-state index < -0.39 is 10.0 Å². The number of hydrogen-bond acceptors (Lipinski definition) is 4. The smallest absolute Gasteiger partial charge is 0.263 e. The third-order valence-electron chi connectivity index (χ3n) is 4.66. The predicted octanol–water partition coefficient (Wildman–Crippen LogP) is 3.23. The Hall–Kier alpha value is -2.12. The highest BCUT2D eigenvalue weighted by Gasteiger charge is 2.35. The number of aryl methyl sites for hydroxylation is 1. The molecule has 0 radical (unpaired) electrons. The van der Waals surface area contributed by atoms with Crippen LogP contribution >= 0.6 is 11.6 Å². The van der Waals surface area contributed by atoms with Crippen molar-refractivity contribution in [2.45, 2.75) is 30.6 Å². The van der Waals surface area contributed by atoms with E-state index in [0.29, 0.717) is 12.2 Å². The van der Waals surface area contributed by atoms with Gasteiger partial charge in [0, 0.05) is 24.3 Å². The van der Waals surface area contributed by atoms with Crippen molar-refractivity contribution < 1.29 is 13.2 Å². The summed E-state index contributed by atoms with van der Waals surface area (Å²) in [7, 11) is -3.77. The summed E-state index contributed by atoms with van der Waals surface area (Å²) < 4.78 is 27.6. The fraction of sp³-hybridized carbons (Fsp3) is 0.333. The fourth-order valence-corrected chi connectivity index (χ4v) is 4.26. The molecule has 0 saturated heterocycles. The summed E-state index contributed by atoms with van der Waals surface area (Å²) in [5.74, 6) is 0.272. The van der Waals surface area contributed by atoms with E-state index in [4.69, 9.17) is 11.6 Å². The molecule has 2 aliphatic rings.